The van der Waals surface area contributed by atoms with Gasteiger partial charge in [-0.15, -0.1) is 0 Å². The van der Waals surface area contributed by atoms with Crippen LogP contribution < -0.4 is 10.2 Å². The molecule has 2 saturated heterocycles. The van der Waals surface area contributed by atoms with Crippen LogP contribution in [0.25, 0.3) is 0 Å². The summed E-state index contributed by atoms with van der Waals surface area (Å²) in [6.07, 6.45) is -0.794. The molecule has 2 aliphatic heterocycles. The molecule has 1 aromatic rings. The van der Waals surface area contributed by atoms with Crippen molar-refractivity contribution in [3.05, 3.63) is 24.3 Å². The van der Waals surface area contributed by atoms with E-state index in [1.165, 1.54) is 6.42 Å². The summed E-state index contributed by atoms with van der Waals surface area (Å²) < 4.78 is 38.0. The molecule has 1 N–H and O–H groups in total. The van der Waals surface area contributed by atoms with Crippen molar-refractivity contribution in [1.29, 1.82) is 0 Å². The number of hydrogen-bond donors (Lipinski definition) is 1. The Labute approximate surface area is 150 Å². The lowest BCUT2D eigenvalue weighted by atomic mass is 10.1. The normalized spacial score (nSPS) is 21.0. The zero-order valence-electron chi connectivity index (χ0n) is 14.4. The van der Waals surface area contributed by atoms with Crippen LogP contribution in [0.2, 0.25) is 0 Å². The number of nitrogens with one attached hydrogen (secondary N) is 1. The molecule has 2 heterocycles. The topological polar surface area (TPSA) is 52.7 Å². The van der Waals surface area contributed by atoms with Gasteiger partial charge in [-0.05, 0) is 56.4 Å². The molecule has 3 rings (SSSR count). The van der Waals surface area contributed by atoms with Gasteiger partial charge >= 0.3 is 12.1 Å². The van der Waals surface area contributed by atoms with Crippen molar-refractivity contribution in [2.24, 2.45) is 0 Å². The monoisotopic (exact) mass is 369 g/mol. The molecule has 2 aliphatic rings. The van der Waals surface area contributed by atoms with Crippen molar-refractivity contribution in [1.82, 2.24) is 4.90 Å². The van der Waals surface area contributed by atoms with Crippen LogP contribution in [0.1, 0.15) is 32.1 Å². The maximum Gasteiger partial charge on any atom is 0.471 e. The van der Waals surface area contributed by atoms with E-state index in [1.54, 1.807) is 12.1 Å². The SMILES string of the molecule is O=C(Nc1ccc(N2CCCCC2)cc1)C1CCCN1C(=O)C(F)(F)F. The lowest BCUT2D eigenvalue weighted by molar-refractivity contribution is -0.186. The molecule has 0 spiro atoms. The number of hydrogen-bond acceptors (Lipinski definition) is 3. The molecule has 1 atom stereocenters. The number of piperidine rings is 1. The molecule has 0 radical (unpaired) electrons. The van der Waals surface area contributed by atoms with Gasteiger partial charge in [0, 0.05) is 31.0 Å². The number of carbonyl (C=O) groups is 2. The number of benzene rings is 1. The second kappa shape index (κ2) is 7.55. The van der Waals surface area contributed by atoms with Crippen LogP contribution in [0.15, 0.2) is 24.3 Å². The van der Waals surface area contributed by atoms with Gasteiger partial charge in [0.1, 0.15) is 6.04 Å². The van der Waals surface area contributed by atoms with Crippen LogP contribution in [-0.4, -0.2) is 48.6 Å². The molecule has 1 unspecified atom stereocenters. The first kappa shape index (κ1) is 18.5. The van der Waals surface area contributed by atoms with Gasteiger partial charge in [-0.2, -0.15) is 13.2 Å². The maximum absolute atomic E-state index is 12.7. The zero-order chi connectivity index (χ0) is 18.7. The van der Waals surface area contributed by atoms with Crippen molar-refractivity contribution < 1.29 is 22.8 Å². The zero-order valence-corrected chi connectivity index (χ0v) is 14.4. The van der Waals surface area contributed by atoms with Gasteiger partial charge < -0.3 is 15.1 Å². The summed E-state index contributed by atoms with van der Waals surface area (Å²) in [7, 11) is 0. The van der Waals surface area contributed by atoms with Gasteiger partial charge in [0.15, 0.2) is 0 Å². The fraction of sp³-hybridized carbons (Fsp3) is 0.556. The number of rotatable bonds is 3. The Morgan fingerprint density at radius 1 is 0.962 bits per heavy atom. The van der Waals surface area contributed by atoms with E-state index in [0.29, 0.717) is 17.0 Å². The van der Waals surface area contributed by atoms with Gasteiger partial charge in [-0.3, -0.25) is 9.59 Å². The Balaban J connectivity index is 1.63. The van der Waals surface area contributed by atoms with E-state index in [9.17, 15) is 22.8 Å². The average Bonchev–Trinajstić information content (AvgIpc) is 3.11. The van der Waals surface area contributed by atoms with E-state index in [1.807, 2.05) is 12.1 Å². The maximum atomic E-state index is 12.7. The molecule has 0 aromatic heterocycles. The Bertz CT molecular complexity index is 655. The number of anilines is 2. The summed E-state index contributed by atoms with van der Waals surface area (Å²) >= 11 is 0. The van der Waals surface area contributed by atoms with E-state index < -0.39 is 24.0 Å². The molecular weight excluding hydrogens is 347 g/mol. The lowest BCUT2D eigenvalue weighted by Gasteiger charge is -2.29. The highest BCUT2D eigenvalue weighted by Gasteiger charge is 2.47. The first-order valence-electron chi connectivity index (χ1n) is 8.90. The van der Waals surface area contributed by atoms with Gasteiger partial charge in [0.25, 0.3) is 0 Å². The van der Waals surface area contributed by atoms with Crippen LogP contribution in [0, 0.1) is 0 Å². The third-order valence-corrected chi connectivity index (χ3v) is 4.91. The highest BCUT2D eigenvalue weighted by molar-refractivity contribution is 5.98. The van der Waals surface area contributed by atoms with E-state index in [0.717, 1.165) is 31.6 Å². The molecule has 0 bridgehead atoms. The number of carbonyl (C=O) groups excluding carboxylic acids is 2. The molecule has 0 aliphatic carbocycles. The summed E-state index contributed by atoms with van der Waals surface area (Å²) in [5.41, 5.74) is 1.58. The number of likely N-dealkylation sites (tertiary alicyclic amines) is 1. The molecule has 5 nitrogen and oxygen atoms in total. The van der Waals surface area contributed by atoms with Crippen LogP contribution in [0.4, 0.5) is 24.5 Å². The van der Waals surface area contributed by atoms with Gasteiger partial charge in [0.05, 0.1) is 0 Å². The average molecular weight is 369 g/mol. The second-order valence-corrected chi connectivity index (χ2v) is 6.74. The van der Waals surface area contributed by atoms with Crippen molar-refractivity contribution in [3.8, 4) is 0 Å². The first-order chi connectivity index (χ1) is 12.4. The van der Waals surface area contributed by atoms with Gasteiger partial charge in [0.2, 0.25) is 5.91 Å². The quantitative estimate of drug-likeness (QED) is 0.890. The molecule has 1 aromatic carbocycles. The smallest absolute Gasteiger partial charge is 0.372 e. The van der Waals surface area contributed by atoms with E-state index >= 15 is 0 Å². The minimum atomic E-state index is -4.96. The Hall–Kier alpha value is -2.25. The van der Waals surface area contributed by atoms with Crippen LogP contribution >= 0.6 is 0 Å². The molecule has 8 heteroatoms. The fourth-order valence-corrected chi connectivity index (χ4v) is 3.58. The molecule has 2 amide bonds. The lowest BCUT2D eigenvalue weighted by Crippen LogP contribution is -2.48. The first-order valence-corrected chi connectivity index (χ1v) is 8.90. The minimum Gasteiger partial charge on any atom is -0.372 e. The number of nitrogens with zero attached hydrogens (tertiary/aromatic N) is 2. The third-order valence-electron chi connectivity index (χ3n) is 4.91. The van der Waals surface area contributed by atoms with Crippen molar-refractivity contribution >= 4 is 23.2 Å². The number of amides is 2. The number of alkyl halides is 3. The van der Waals surface area contributed by atoms with Crippen LogP contribution in [-0.2, 0) is 9.59 Å². The fourth-order valence-electron chi connectivity index (χ4n) is 3.58. The van der Waals surface area contributed by atoms with E-state index in [2.05, 4.69) is 10.2 Å². The Morgan fingerprint density at radius 3 is 2.23 bits per heavy atom. The molecule has 142 valence electrons. The Morgan fingerprint density at radius 2 is 1.62 bits per heavy atom. The van der Waals surface area contributed by atoms with Crippen LogP contribution in [0.5, 0.6) is 0 Å². The largest absolute Gasteiger partial charge is 0.471 e. The number of halogens is 3. The van der Waals surface area contributed by atoms with Crippen molar-refractivity contribution in [3.63, 3.8) is 0 Å². The molecular formula is C18H22F3N3O2. The molecule has 0 saturated carbocycles. The summed E-state index contributed by atoms with van der Waals surface area (Å²) in [6, 6.07) is 6.20. The molecule has 2 fully saturated rings. The second-order valence-electron chi connectivity index (χ2n) is 6.74. The summed E-state index contributed by atoms with van der Waals surface area (Å²) in [5.74, 6) is -2.53. The summed E-state index contributed by atoms with van der Waals surface area (Å²) in [5, 5.41) is 2.63. The van der Waals surface area contributed by atoms with Gasteiger partial charge in [-0.1, -0.05) is 0 Å². The predicted molar refractivity (Wildman–Crippen MR) is 91.9 cm³/mol. The highest BCUT2D eigenvalue weighted by atomic mass is 19.4. The van der Waals surface area contributed by atoms with Crippen molar-refractivity contribution in [2.45, 2.75) is 44.3 Å². The summed E-state index contributed by atoms with van der Waals surface area (Å²) in [6.45, 7) is 1.95. The molecule has 26 heavy (non-hydrogen) atoms. The van der Waals surface area contributed by atoms with Crippen molar-refractivity contribution in [2.75, 3.05) is 29.9 Å². The highest BCUT2D eigenvalue weighted by Crippen LogP contribution is 2.27. The minimum absolute atomic E-state index is 0.0513. The van der Waals surface area contributed by atoms with Gasteiger partial charge in [-0.25, -0.2) is 0 Å². The third kappa shape index (κ3) is 4.11. The summed E-state index contributed by atoms with van der Waals surface area (Å²) in [4.78, 5) is 26.7. The Kier molecular flexibility index (Phi) is 5.38. The standard InChI is InChI=1S/C18H22F3N3O2/c19-18(20,21)17(26)24-12-4-5-15(24)16(25)22-13-6-8-14(9-7-13)23-10-2-1-3-11-23/h6-9,15H,1-5,10-12H2,(H,22,25). The van der Waals surface area contributed by atoms with Crippen LogP contribution in [0.3, 0.4) is 0 Å². The van der Waals surface area contributed by atoms with E-state index in [4.69, 9.17) is 0 Å². The van der Waals surface area contributed by atoms with E-state index in [-0.39, 0.29) is 13.0 Å². The predicted octanol–water partition coefficient (Wildman–Crippen LogP) is 3.17.